The monoisotopic (exact) mass is 314 g/mol. The number of likely N-dealkylation sites (tertiary alicyclic amines) is 1. The van der Waals surface area contributed by atoms with Gasteiger partial charge in [-0.05, 0) is 35.0 Å². The van der Waals surface area contributed by atoms with Crippen molar-refractivity contribution in [2.45, 2.75) is 25.6 Å². The Morgan fingerprint density at radius 1 is 1.18 bits per heavy atom. The Bertz CT molecular complexity index is 655. The largest absolute Gasteiger partial charge is 0.290 e. The topological polar surface area (TPSA) is 40.6 Å². The third-order valence-electron chi connectivity index (χ3n) is 3.95. The molecule has 114 valence electrons. The third-order valence-corrected chi connectivity index (χ3v) is 4.68. The first kappa shape index (κ1) is 14.9. The number of imide groups is 1. The molecule has 1 atom stereocenters. The fraction of sp³-hybridized carbons (Fsp3) is 0.294. The lowest BCUT2D eigenvalue weighted by Crippen LogP contribution is -2.39. The molecule has 0 aliphatic carbocycles. The zero-order chi connectivity index (χ0) is 15.5. The maximum atomic E-state index is 12.6. The molecule has 1 aromatic carbocycles. The van der Waals surface area contributed by atoms with Gasteiger partial charge in [-0.1, -0.05) is 30.3 Å². The lowest BCUT2D eigenvalue weighted by atomic mass is 10.2. The molecule has 0 radical (unpaired) electrons. The van der Waals surface area contributed by atoms with Gasteiger partial charge in [-0.25, -0.2) is 0 Å². The van der Waals surface area contributed by atoms with Crippen molar-refractivity contribution in [1.29, 1.82) is 0 Å². The van der Waals surface area contributed by atoms with E-state index in [2.05, 4.69) is 5.38 Å². The second-order valence-electron chi connectivity index (χ2n) is 5.57. The van der Waals surface area contributed by atoms with Crippen LogP contribution in [-0.2, 0) is 22.7 Å². The zero-order valence-corrected chi connectivity index (χ0v) is 13.3. The Kier molecular flexibility index (Phi) is 4.36. The number of benzene rings is 1. The molecule has 4 nitrogen and oxygen atoms in total. The zero-order valence-electron chi connectivity index (χ0n) is 12.4. The maximum Gasteiger partial charge on any atom is 0.247 e. The Balaban J connectivity index is 1.68. The lowest BCUT2D eigenvalue weighted by molar-refractivity contribution is -0.140. The molecule has 1 aliphatic rings. The summed E-state index contributed by atoms with van der Waals surface area (Å²) < 4.78 is 0. The van der Waals surface area contributed by atoms with Crippen LogP contribution in [0.15, 0.2) is 47.2 Å². The predicted molar refractivity (Wildman–Crippen MR) is 86.2 cm³/mol. The summed E-state index contributed by atoms with van der Waals surface area (Å²) in [5, 5.41) is 4.09. The van der Waals surface area contributed by atoms with Crippen LogP contribution in [0.4, 0.5) is 0 Å². The third kappa shape index (κ3) is 3.10. The Labute approximate surface area is 134 Å². The van der Waals surface area contributed by atoms with Gasteiger partial charge in [0, 0.05) is 6.54 Å². The molecule has 2 heterocycles. The number of hydrogen-bond acceptors (Lipinski definition) is 4. The number of nitrogens with zero attached hydrogens (tertiary/aromatic N) is 2. The molecule has 0 saturated carbocycles. The molecule has 1 aromatic heterocycles. The van der Waals surface area contributed by atoms with E-state index in [1.165, 1.54) is 10.5 Å². The molecule has 0 N–H and O–H groups in total. The average molecular weight is 314 g/mol. The smallest absolute Gasteiger partial charge is 0.247 e. The fourth-order valence-electron chi connectivity index (χ4n) is 2.72. The Morgan fingerprint density at radius 2 is 1.95 bits per heavy atom. The van der Waals surface area contributed by atoms with E-state index < -0.39 is 0 Å². The second kappa shape index (κ2) is 6.42. The maximum absolute atomic E-state index is 12.6. The van der Waals surface area contributed by atoms with Crippen LogP contribution in [0, 0.1) is 0 Å². The first-order chi connectivity index (χ1) is 10.6. The molecule has 0 bridgehead atoms. The van der Waals surface area contributed by atoms with Gasteiger partial charge in [0.05, 0.1) is 19.0 Å². The molecule has 5 heteroatoms. The van der Waals surface area contributed by atoms with Gasteiger partial charge >= 0.3 is 0 Å². The molecular weight excluding hydrogens is 296 g/mol. The van der Waals surface area contributed by atoms with Crippen molar-refractivity contribution < 1.29 is 9.59 Å². The summed E-state index contributed by atoms with van der Waals surface area (Å²) in [4.78, 5) is 28.1. The summed E-state index contributed by atoms with van der Waals surface area (Å²) in [6.45, 7) is 1.05. The van der Waals surface area contributed by atoms with E-state index in [1.54, 1.807) is 11.3 Å². The first-order valence-corrected chi connectivity index (χ1v) is 8.19. The molecule has 2 amide bonds. The van der Waals surface area contributed by atoms with Crippen molar-refractivity contribution in [1.82, 2.24) is 9.80 Å². The average Bonchev–Trinajstić information content (AvgIpc) is 3.11. The molecule has 22 heavy (non-hydrogen) atoms. The number of amides is 2. The van der Waals surface area contributed by atoms with E-state index in [1.807, 2.05) is 53.7 Å². The molecule has 1 fully saturated rings. The molecule has 0 unspecified atom stereocenters. The molecule has 3 rings (SSSR count). The van der Waals surface area contributed by atoms with Crippen LogP contribution in [0.5, 0.6) is 0 Å². The van der Waals surface area contributed by atoms with E-state index in [9.17, 15) is 9.59 Å². The van der Waals surface area contributed by atoms with E-state index in [0.717, 1.165) is 5.56 Å². The number of carbonyl (C=O) groups excluding carboxylic acids is 2. The van der Waals surface area contributed by atoms with Gasteiger partial charge in [0.1, 0.15) is 0 Å². The highest BCUT2D eigenvalue weighted by molar-refractivity contribution is 7.07. The molecule has 2 aromatic rings. The van der Waals surface area contributed by atoms with Crippen LogP contribution in [-0.4, -0.2) is 34.7 Å². The minimum Gasteiger partial charge on any atom is -0.290 e. The molecular formula is C17H18N2O2S. The standard InChI is InChI=1S/C17H18N2O2S/c1-18(10-14-7-8-22-12-14)15-9-16(20)19(17(15)21)11-13-5-3-2-4-6-13/h2-8,12,15H,9-11H2,1H3/t15-/m1/s1. The summed E-state index contributed by atoms with van der Waals surface area (Å²) in [7, 11) is 1.90. The van der Waals surface area contributed by atoms with E-state index >= 15 is 0 Å². The van der Waals surface area contributed by atoms with Crippen molar-refractivity contribution in [3.63, 3.8) is 0 Å². The van der Waals surface area contributed by atoms with Crippen LogP contribution >= 0.6 is 11.3 Å². The summed E-state index contributed by atoms with van der Waals surface area (Å²) >= 11 is 1.64. The Hall–Kier alpha value is -1.98. The van der Waals surface area contributed by atoms with Gasteiger partial charge in [-0.15, -0.1) is 0 Å². The van der Waals surface area contributed by atoms with E-state index in [0.29, 0.717) is 13.1 Å². The van der Waals surface area contributed by atoms with Gasteiger partial charge < -0.3 is 0 Å². The van der Waals surface area contributed by atoms with Gasteiger partial charge in [0.25, 0.3) is 0 Å². The number of thiophene rings is 1. The highest BCUT2D eigenvalue weighted by Crippen LogP contribution is 2.22. The summed E-state index contributed by atoms with van der Waals surface area (Å²) in [5.74, 6) is -0.178. The van der Waals surface area contributed by atoms with Crippen LogP contribution in [0.25, 0.3) is 0 Å². The number of hydrogen-bond donors (Lipinski definition) is 0. The fourth-order valence-corrected chi connectivity index (χ4v) is 3.38. The van der Waals surface area contributed by atoms with Crippen molar-refractivity contribution in [3.8, 4) is 0 Å². The van der Waals surface area contributed by atoms with Crippen LogP contribution in [0.1, 0.15) is 17.5 Å². The number of carbonyl (C=O) groups is 2. The number of likely N-dealkylation sites (N-methyl/N-ethyl adjacent to an activating group) is 1. The SMILES string of the molecule is CN(Cc1ccsc1)[C@@H]1CC(=O)N(Cc2ccccc2)C1=O. The number of rotatable bonds is 5. The summed E-state index contributed by atoms with van der Waals surface area (Å²) in [6.07, 6.45) is 0.270. The van der Waals surface area contributed by atoms with Gasteiger partial charge in [-0.3, -0.25) is 19.4 Å². The molecule has 1 aliphatic heterocycles. The second-order valence-corrected chi connectivity index (χ2v) is 6.35. The van der Waals surface area contributed by atoms with E-state index in [-0.39, 0.29) is 24.3 Å². The minimum atomic E-state index is -0.351. The van der Waals surface area contributed by atoms with Crippen LogP contribution in [0.3, 0.4) is 0 Å². The van der Waals surface area contributed by atoms with Crippen molar-refractivity contribution in [2.24, 2.45) is 0 Å². The normalized spacial score (nSPS) is 18.5. The van der Waals surface area contributed by atoms with Crippen LogP contribution < -0.4 is 0 Å². The van der Waals surface area contributed by atoms with Gasteiger partial charge in [-0.2, -0.15) is 11.3 Å². The highest BCUT2D eigenvalue weighted by Gasteiger charge is 2.40. The van der Waals surface area contributed by atoms with Gasteiger partial charge in [0.15, 0.2) is 0 Å². The van der Waals surface area contributed by atoms with Crippen molar-refractivity contribution in [2.75, 3.05) is 7.05 Å². The van der Waals surface area contributed by atoms with Crippen LogP contribution in [0.2, 0.25) is 0 Å². The lowest BCUT2D eigenvalue weighted by Gasteiger charge is -2.22. The predicted octanol–water partition coefficient (Wildman–Crippen LogP) is 2.51. The summed E-state index contributed by atoms with van der Waals surface area (Å²) in [6, 6.07) is 11.3. The highest BCUT2D eigenvalue weighted by atomic mass is 32.1. The van der Waals surface area contributed by atoms with Crippen molar-refractivity contribution in [3.05, 3.63) is 58.3 Å². The Morgan fingerprint density at radius 3 is 2.64 bits per heavy atom. The quantitative estimate of drug-likeness (QED) is 0.796. The molecule has 1 saturated heterocycles. The summed E-state index contributed by atoms with van der Waals surface area (Å²) in [5.41, 5.74) is 2.15. The van der Waals surface area contributed by atoms with E-state index in [4.69, 9.17) is 0 Å². The van der Waals surface area contributed by atoms with Crippen molar-refractivity contribution >= 4 is 23.2 Å². The first-order valence-electron chi connectivity index (χ1n) is 7.24. The molecule has 0 spiro atoms. The minimum absolute atomic E-state index is 0.0870. The van der Waals surface area contributed by atoms with Gasteiger partial charge in [0.2, 0.25) is 11.8 Å².